The van der Waals surface area contributed by atoms with Gasteiger partial charge in [-0.25, -0.2) is 9.97 Å². The number of para-hydroxylation sites is 1. The van der Waals surface area contributed by atoms with Gasteiger partial charge in [0, 0.05) is 23.8 Å². The Morgan fingerprint density at radius 3 is 2.71 bits per heavy atom. The highest BCUT2D eigenvalue weighted by molar-refractivity contribution is 7.80. The lowest BCUT2D eigenvalue weighted by molar-refractivity contribution is 0.657. The minimum Gasteiger partial charge on any atom is -0.241 e. The molecular formula is C14H17N2S. The molecule has 0 bridgehead atoms. The Morgan fingerprint density at radius 1 is 1.00 bits per heavy atom. The van der Waals surface area contributed by atoms with E-state index in [1.165, 1.54) is 12.8 Å². The lowest BCUT2D eigenvalue weighted by atomic mass is 10.1. The summed E-state index contributed by atoms with van der Waals surface area (Å²) in [5.74, 6) is 1.84. The lowest BCUT2D eigenvalue weighted by Crippen LogP contribution is -1.95. The van der Waals surface area contributed by atoms with Crippen LogP contribution in [0.25, 0.3) is 10.9 Å². The molecule has 0 aliphatic carbocycles. The second-order valence-corrected chi connectivity index (χ2v) is 4.62. The molecule has 0 aliphatic heterocycles. The Kier molecular flexibility index (Phi) is 4.80. The van der Waals surface area contributed by atoms with Crippen LogP contribution in [0.2, 0.25) is 0 Å². The van der Waals surface area contributed by atoms with Crippen LogP contribution in [0.3, 0.4) is 0 Å². The van der Waals surface area contributed by atoms with E-state index in [-0.39, 0.29) is 0 Å². The molecule has 89 valence electrons. The van der Waals surface area contributed by atoms with Crippen molar-refractivity contribution in [2.75, 3.05) is 5.75 Å². The third kappa shape index (κ3) is 3.70. The van der Waals surface area contributed by atoms with Gasteiger partial charge in [0.1, 0.15) is 5.82 Å². The van der Waals surface area contributed by atoms with E-state index in [1.54, 1.807) is 0 Å². The fourth-order valence-electron chi connectivity index (χ4n) is 1.87. The van der Waals surface area contributed by atoms with E-state index in [9.17, 15) is 0 Å². The number of hydrogen-bond donors (Lipinski definition) is 0. The van der Waals surface area contributed by atoms with Gasteiger partial charge < -0.3 is 0 Å². The number of aryl methyl sites for hydroxylation is 1. The maximum absolute atomic E-state index is 4.92. The van der Waals surface area contributed by atoms with Crippen molar-refractivity contribution in [2.24, 2.45) is 0 Å². The molecule has 1 aromatic heterocycles. The molecule has 0 unspecified atom stereocenters. The van der Waals surface area contributed by atoms with Crippen molar-refractivity contribution in [2.45, 2.75) is 32.1 Å². The van der Waals surface area contributed by atoms with Gasteiger partial charge in [0.15, 0.2) is 0 Å². The SMILES string of the molecule is [S]CCCCCCc1ncc2ccccc2n1. The standard InChI is InChI=1S/C14H17N2S/c17-10-6-2-1-3-9-14-15-11-12-7-4-5-8-13(12)16-14/h4-5,7-8,11H,1-3,6,9-10H2. The number of aromatic nitrogens is 2. The molecule has 0 amide bonds. The Hall–Kier alpha value is -1.09. The molecule has 0 atom stereocenters. The molecule has 0 N–H and O–H groups in total. The first-order chi connectivity index (χ1) is 8.40. The Balaban J connectivity index is 1.90. The third-order valence-corrected chi connectivity index (χ3v) is 3.12. The van der Waals surface area contributed by atoms with Gasteiger partial charge in [-0.1, -0.05) is 43.7 Å². The number of unbranched alkanes of at least 4 members (excludes halogenated alkanes) is 3. The Morgan fingerprint density at radius 2 is 1.82 bits per heavy atom. The van der Waals surface area contributed by atoms with Crippen LogP contribution in [0.15, 0.2) is 30.5 Å². The summed E-state index contributed by atoms with van der Waals surface area (Å²) in [6.07, 6.45) is 7.68. The minimum absolute atomic E-state index is 0.881. The molecule has 0 saturated heterocycles. The van der Waals surface area contributed by atoms with Gasteiger partial charge in [0.05, 0.1) is 5.52 Å². The van der Waals surface area contributed by atoms with Crippen molar-refractivity contribution in [3.63, 3.8) is 0 Å². The molecule has 1 radical (unpaired) electrons. The first-order valence-corrected chi connectivity index (χ1v) is 6.76. The van der Waals surface area contributed by atoms with Crippen molar-refractivity contribution in [3.8, 4) is 0 Å². The summed E-state index contributed by atoms with van der Waals surface area (Å²) in [5, 5.41) is 1.11. The molecule has 0 saturated carbocycles. The molecule has 1 heterocycles. The molecule has 2 rings (SSSR count). The zero-order chi connectivity index (χ0) is 11.9. The number of hydrogen-bond acceptors (Lipinski definition) is 2. The van der Waals surface area contributed by atoms with E-state index in [0.29, 0.717) is 0 Å². The average molecular weight is 245 g/mol. The van der Waals surface area contributed by atoms with Gasteiger partial charge in [0.25, 0.3) is 0 Å². The van der Waals surface area contributed by atoms with Gasteiger partial charge in [-0.3, -0.25) is 0 Å². The first-order valence-electron chi connectivity index (χ1n) is 6.19. The number of nitrogens with zero attached hydrogens (tertiary/aromatic N) is 2. The summed E-state index contributed by atoms with van der Waals surface area (Å²) in [7, 11) is 0. The quantitative estimate of drug-likeness (QED) is 0.721. The van der Waals surface area contributed by atoms with E-state index in [0.717, 1.165) is 41.7 Å². The largest absolute Gasteiger partial charge is 0.241 e. The van der Waals surface area contributed by atoms with E-state index in [1.807, 2.05) is 30.5 Å². The van der Waals surface area contributed by atoms with Crippen LogP contribution in [0.5, 0.6) is 0 Å². The van der Waals surface area contributed by atoms with Crippen LogP contribution >= 0.6 is 12.6 Å². The summed E-state index contributed by atoms with van der Waals surface area (Å²) in [5.41, 5.74) is 1.04. The fraction of sp³-hybridized carbons (Fsp3) is 0.429. The molecule has 0 fully saturated rings. The molecule has 1 aromatic carbocycles. The zero-order valence-corrected chi connectivity index (χ0v) is 10.7. The van der Waals surface area contributed by atoms with Gasteiger partial charge in [-0.15, -0.1) is 0 Å². The smallest absolute Gasteiger partial charge is 0.128 e. The molecular weight excluding hydrogens is 228 g/mol. The number of fused-ring (bicyclic) bond motifs is 1. The summed E-state index contributed by atoms with van der Waals surface area (Å²) < 4.78 is 0. The van der Waals surface area contributed by atoms with Crippen LogP contribution < -0.4 is 0 Å². The van der Waals surface area contributed by atoms with Crippen LogP contribution in [-0.4, -0.2) is 15.7 Å². The summed E-state index contributed by atoms with van der Waals surface area (Å²) in [6, 6.07) is 8.11. The fourth-order valence-corrected chi connectivity index (χ4v) is 2.07. The minimum atomic E-state index is 0.881. The van der Waals surface area contributed by atoms with Gasteiger partial charge in [0.2, 0.25) is 0 Å². The maximum atomic E-state index is 4.92. The molecule has 17 heavy (non-hydrogen) atoms. The second kappa shape index (κ2) is 6.60. The van der Waals surface area contributed by atoms with Crippen molar-refractivity contribution >= 4 is 23.5 Å². The monoisotopic (exact) mass is 245 g/mol. The molecule has 0 spiro atoms. The van der Waals surface area contributed by atoms with Crippen molar-refractivity contribution in [1.82, 2.24) is 9.97 Å². The van der Waals surface area contributed by atoms with Crippen LogP contribution in [-0.2, 0) is 6.42 Å². The van der Waals surface area contributed by atoms with Crippen LogP contribution in [0, 0.1) is 0 Å². The topological polar surface area (TPSA) is 25.8 Å². The average Bonchev–Trinajstić information content (AvgIpc) is 2.38. The van der Waals surface area contributed by atoms with Gasteiger partial charge >= 0.3 is 0 Å². The predicted octanol–water partition coefficient (Wildman–Crippen LogP) is 3.93. The summed E-state index contributed by atoms with van der Waals surface area (Å²) >= 11 is 4.92. The third-order valence-electron chi connectivity index (χ3n) is 2.83. The molecule has 2 aromatic rings. The lowest BCUT2D eigenvalue weighted by Gasteiger charge is -2.02. The predicted molar refractivity (Wildman–Crippen MR) is 74.2 cm³/mol. The first kappa shape index (κ1) is 12.4. The van der Waals surface area contributed by atoms with Gasteiger partial charge in [-0.2, -0.15) is 0 Å². The van der Waals surface area contributed by atoms with Crippen LogP contribution in [0.4, 0.5) is 0 Å². The van der Waals surface area contributed by atoms with E-state index in [4.69, 9.17) is 12.6 Å². The highest BCUT2D eigenvalue weighted by Gasteiger charge is 1.99. The van der Waals surface area contributed by atoms with E-state index in [2.05, 4.69) is 9.97 Å². The highest BCUT2D eigenvalue weighted by atomic mass is 32.1. The Labute approximate surface area is 108 Å². The summed E-state index contributed by atoms with van der Waals surface area (Å²) in [6.45, 7) is 0. The van der Waals surface area contributed by atoms with Crippen molar-refractivity contribution < 1.29 is 0 Å². The zero-order valence-electron chi connectivity index (χ0n) is 9.93. The maximum Gasteiger partial charge on any atom is 0.128 e. The van der Waals surface area contributed by atoms with Gasteiger partial charge in [-0.05, 0) is 18.9 Å². The van der Waals surface area contributed by atoms with Crippen molar-refractivity contribution in [1.29, 1.82) is 0 Å². The second-order valence-electron chi connectivity index (χ2n) is 4.21. The number of rotatable bonds is 6. The Bertz CT molecular complexity index is 470. The number of benzene rings is 1. The molecule has 3 heteroatoms. The van der Waals surface area contributed by atoms with Crippen LogP contribution in [0.1, 0.15) is 31.5 Å². The normalized spacial score (nSPS) is 10.9. The molecule has 2 nitrogen and oxygen atoms in total. The molecule has 0 aliphatic rings. The van der Waals surface area contributed by atoms with Crippen molar-refractivity contribution in [3.05, 3.63) is 36.3 Å². The van der Waals surface area contributed by atoms with E-state index < -0.39 is 0 Å². The highest BCUT2D eigenvalue weighted by Crippen LogP contribution is 2.11. The van der Waals surface area contributed by atoms with E-state index >= 15 is 0 Å². The summed E-state index contributed by atoms with van der Waals surface area (Å²) in [4.78, 5) is 8.95.